The molecule has 18 heavy (non-hydrogen) atoms. The lowest BCUT2D eigenvalue weighted by Crippen LogP contribution is -2.34. The Labute approximate surface area is 113 Å². The average molecular weight is 270 g/mol. The van der Waals surface area contributed by atoms with Crippen molar-refractivity contribution in [3.63, 3.8) is 0 Å². The van der Waals surface area contributed by atoms with Crippen molar-refractivity contribution in [2.75, 3.05) is 0 Å². The Balaban J connectivity index is 1.97. The Morgan fingerprint density at radius 1 is 1.39 bits per heavy atom. The first-order valence-corrected chi connectivity index (χ1v) is 7.20. The van der Waals surface area contributed by atoms with Crippen LogP contribution in [0.1, 0.15) is 60.4 Å². The first-order valence-electron chi connectivity index (χ1n) is 6.67. The molecule has 0 aliphatic heterocycles. The van der Waals surface area contributed by atoms with Crippen molar-refractivity contribution in [3.05, 3.63) is 23.2 Å². The van der Waals surface area contributed by atoms with Gasteiger partial charge in [-0.25, -0.2) is 0 Å². The number of amides is 1. The number of carbonyl (C=O) groups is 1. The number of aryl methyl sites for hydroxylation is 1. The lowest BCUT2D eigenvalue weighted by Gasteiger charge is -2.14. The number of nitrogens with one attached hydrogen (secondary N) is 1. The van der Waals surface area contributed by atoms with Gasteiger partial charge in [-0.2, -0.15) is 0 Å². The molecule has 1 heterocycles. The van der Waals surface area contributed by atoms with E-state index in [-0.39, 0.29) is 5.91 Å². The standard InChI is InChI=1S/C14H20ClNO2/c1-10-11(9-15)8-13(18-10)14(17)16-12-6-4-2-3-5-7-12/h8,12H,2-7,9H2,1H3,(H,16,17). The summed E-state index contributed by atoms with van der Waals surface area (Å²) < 4.78 is 5.44. The van der Waals surface area contributed by atoms with E-state index < -0.39 is 0 Å². The maximum Gasteiger partial charge on any atom is 0.287 e. The van der Waals surface area contributed by atoms with Crippen LogP contribution in [0.15, 0.2) is 10.5 Å². The van der Waals surface area contributed by atoms with Crippen LogP contribution in [0.3, 0.4) is 0 Å². The van der Waals surface area contributed by atoms with Crippen LogP contribution in [0.25, 0.3) is 0 Å². The summed E-state index contributed by atoms with van der Waals surface area (Å²) in [6.07, 6.45) is 7.12. The van der Waals surface area contributed by atoms with Crippen molar-refractivity contribution in [1.29, 1.82) is 0 Å². The molecule has 1 amide bonds. The normalized spacial score (nSPS) is 17.4. The summed E-state index contributed by atoms with van der Waals surface area (Å²) >= 11 is 5.77. The second-order valence-electron chi connectivity index (χ2n) is 4.99. The van der Waals surface area contributed by atoms with Gasteiger partial charge in [0, 0.05) is 11.6 Å². The highest BCUT2D eigenvalue weighted by atomic mass is 35.5. The van der Waals surface area contributed by atoms with Gasteiger partial charge < -0.3 is 9.73 Å². The Hall–Kier alpha value is -0.960. The molecule has 1 aliphatic rings. The molecular weight excluding hydrogens is 250 g/mol. The highest BCUT2D eigenvalue weighted by Crippen LogP contribution is 2.19. The Morgan fingerprint density at radius 2 is 2.06 bits per heavy atom. The Morgan fingerprint density at radius 3 is 2.61 bits per heavy atom. The summed E-state index contributed by atoms with van der Waals surface area (Å²) in [5, 5.41) is 3.06. The van der Waals surface area contributed by atoms with E-state index in [1.807, 2.05) is 6.92 Å². The van der Waals surface area contributed by atoms with Gasteiger partial charge in [-0.05, 0) is 25.8 Å². The van der Waals surface area contributed by atoms with Gasteiger partial charge in [0.2, 0.25) is 0 Å². The SMILES string of the molecule is Cc1oc(C(=O)NC2CCCCCC2)cc1CCl. The molecule has 1 saturated carbocycles. The molecule has 1 aliphatic carbocycles. The molecule has 0 spiro atoms. The second kappa shape index (κ2) is 6.28. The molecule has 3 nitrogen and oxygen atoms in total. The van der Waals surface area contributed by atoms with E-state index in [1.165, 1.54) is 25.7 Å². The number of rotatable bonds is 3. The predicted molar refractivity (Wildman–Crippen MR) is 72.0 cm³/mol. The van der Waals surface area contributed by atoms with Gasteiger partial charge in [0.25, 0.3) is 5.91 Å². The zero-order valence-corrected chi connectivity index (χ0v) is 11.6. The molecule has 0 unspecified atom stereocenters. The van der Waals surface area contributed by atoms with E-state index in [1.54, 1.807) is 6.07 Å². The molecular formula is C14H20ClNO2. The van der Waals surface area contributed by atoms with Crippen LogP contribution in [-0.4, -0.2) is 11.9 Å². The largest absolute Gasteiger partial charge is 0.456 e. The predicted octanol–water partition coefficient (Wildman–Crippen LogP) is 3.78. The van der Waals surface area contributed by atoms with Crippen LogP contribution < -0.4 is 5.32 Å². The zero-order valence-electron chi connectivity index (χ0n) is 10.8. The third-order valence-electron chi connectivity index (χ3n) is 3.58. The third-order valence-corrected chi connectivity index (χ3v) is 3.87. The van der Waals surface area contributed by atoms with Gasteiger partial charge in [-0.15, -0.1) is 11.6 Å². The fraction of sp³-hybridized carbons (Fsp3) is 0.643. The highest BCUT2D eigenvalue weighted by Gasteiger charge is 2.19. The molecule has 1 aromatic rings. The minimum atomic E-state index is -0.110. The molecule has 1 aromatic heterocycles. The van der Waals surface area contributed by atoms with Crippen molar-refractivity contribution < 1.29 is 9.21 Å². The maximum absolute atomic E-state index is 12.1. The summed E-state index contributed by atoms with van der Waals surface area (Å²) in [6, 6.07) is 2.04. The summed E-state index contributed by atoms with van der Waals surface area (Å²) in [5.74, 6) is 1.39. The summed E-state index contributed by atoms with van der Waals surface area (Å²) in [4.78, 5) is 12.1. The van der Waals surface area contributed by atoms with E-state index in [9.17, 15) is 4.79 Å². The minimum absolute atomic E-state index is 0.110. The molecule has 4 heteroatoms. The number of furan rings is 1. The smallest absolute Gasteiger partial charge is 0.287 e. The molecule has 0 bridgehead atoms. The number of hydrogen-bond acceptors (Lipinski definition) is 2. The molecule has 2 rings (SSSR count). The number of hydrogen-bond donors (Lipinski definition) is 1. The van der Waals surface area contributed by atoms with Crippen LogP contribution in [0, 0.1) is 6.92 Å². The second-order valence-corrected chi connectivity index (χ2v) is 5.25. The quantitative estimate of drug-likeness (QED) is 0.670. The molecule has 1 N–H and O–H groups in total. The highest BCUT2D eigenvalue weighted by molar-refractivity contribution is 6.17. The van der Waals surface area contributed by atoms with E-state index in [0.29, 0.717) is 17.7 Å². The van der Waals surface area contributed by atoms with Crippen LogP contribution in [0.5, 0.6) is 0 Å². The van der Waals surface area contributed by atoms with Gasteiger partial charge in [-0.1, -0.05) is 25.7 Å². The minimum Gasteiger partial charge on any atom is -0.456 e. The van der Waals surface area contributed by atoms with Crippen molar-refractivity contribution in [1.82, 2.24) is 5.32 Å². The van der Waals surface area contributed by atoms with Crippen LogP contribution >= 0.6 is 11.6 Å². The maximum atomic E-state index is 12.1. The lowest BCUT2D eigenvalue weighted by molar-refractivity contribution is 0.0904. The Bertz CT molecular complexity index is 406. The van der Waals surface area contributed by atoms with E-state index in [0.717, 1.165) is 24.2 Å². The summed E-state index contributed by atoms with van der Waals surface area (Å²) in [7, 11) is 0. The zero-order chi connectivity index (χ0) is 13.0. The molecule has 0 atom stereocenters. The number of halogens is 1. The first kappa shape index (κ1) is 13.5. The molecule has 100 valence electrons. The van der Waals surface area contributed by atoms with Gasteiger partial charge in [0.05, 0.1) is 5.88 Å². The molecule has 0 radical (unpaired) electrons. The Kier molecular flexibility index (Phi) is 4.70. The number of alkyl halides is 1. The number of carbonyl (C=O) groups excluding carboxylic acids is 1. The molecule has 0 aromatic carbocycles. The van der Waals surface area contributed by atoms with Crippen LogP contribution in [-0.2, 0) is 5.88 Å². The van der Waals surface area contributed by atoms with Gasteiger partial charge >= 0.3 is 0 Å². The fourth-order valence-electron chi connectivity index (χ4n) is 2.44. The van der Waals surface area contributed by atoms with Crippen molar-refractivity contribution in [2.45, 2.75) is 57.4 Å². The van der Waals surface area contributed by atoms with Crippen molar-refractivity contribution in [3.8, 4) is 0 Å². The monoisotopic (exact) mass is 269 g/mol. The van der Waals surface area contributed by atoms with Gasteiger partial charge in [-0.3, -0.25) is 4.79 Å². The third kappa shape index (κ3) is 3.29. The van der Waals surface area contributed by atoms with Crippen molar-refractivity contribution in [2.24, 2.45) is 0 Å². The van der Waals surface area contributed by atoms with Gasteiger partial charge in [0.15, 0.2) is 5.76 Å². The van der Waals surface area contributed by atoms with Crippen molar-refractivity contribution >= 4 is 17.5 Å². The van der Waals surface area contributed by atoms with E-state index in [4.69, 9.17) is 16.0 Å². The van der Waals surface area contributed by atoms with Gasteiger partial charge in [0.1, 0.15) is 5.76 Å². The van der Waals surface area contributed by atoms with Crippen LogP contribution in [0.4, 0.5) is 0 Å². The molecule has 0 saturated heterocycles. The lowest BCUT2D eigenvalue weighted by atomic mass is 10.1. The summed E-state index contributed by atoms with van der Waals surface area (Å²) in [6.45, 7) is 1.83. The van der Waals surface area contributed by atoms with E-state index >= 15 is 0 Å². The fourth-order valence-corrected chi connectivity index (χ4v) is 2.71. The average Bonchev–Trinajstić information content (AvgIpc) is 2.57. The first-order chi connectivity index (χ1) is 8.70. The van der Waals surface area contributed by atoms with E-state index in [2.05, 4.69) is 5.32 Å². The molecule has 1 fully saturated rings. The van der Waals surface area contributed by atoms with Crippen LogP contribution in [0.2, 0.25) is 0 Å². The topological polar surface area (TPSA) is 42.2 Å². The summed E-state index contributed by atoms with van der Waals surface area (Å²) in [5.41, 5.74) is 0.891.